The number of amides is 2. The van der Waals surface area contributed by atoms with Crippen molar-refractivity contribution < 1.29 is 23.9 Å². The van der Waals surface area contributed by atoms with Gasteiger partial charge in [0.25, 0.3) is 11.8 Å². The molecular formula is C26H32N2O5. The third-order valence-electron chi connectivity index (χ3n) is 5.75. The van der Waals surface area contributed by atoms with Crippen LogP contribution in [0.4, 0.5) is 0 Å². The molecule has 1 saturated carbocycles. The number of hydrogen-bond acceptors (Lipinski definition) is 5. The average molecular weight is 453 g/mol. The van der Waals surface area contributed by atoms with Crippen LogP contribution in [0.2, 0.25) is 0 Å². The molecule has 7 heteroatoms. The molecule has 2 amide bonds. The van der Waals surface area contributed by atoms with Gasteiger partial charge in [-0.25, -0.2) is 4.79 Å². The van der Waals surface area contributed by atoms with E-state index in [4.69, 9.17) is 9.47 Å². The fourth-order valence-electron chi connectivity index (χ4n) is 3.58. The number of methoxy groups -OCH3 is 1. The summed E-state index contributed by atoms with van der Waals surface area (Å²) in [5, 5.41) is 5.71. The molecule has 33 heavy (non-hydrogen) atoms. The summed E-state index contributed by atoms with van der Waals surface area (Å²) in [6.45, 7) is 5.16. The van der Waals surface area contributed by atoms with Crippen LogP contribution < -0.4 is 15.4 Å². The molecule has 2 aromatic carbocycles. The summed E-state index contributed by atoms with van der Waals surface area (Å²) in [5.74, 6) is -0.440. The van der Waals surface area contributed by atoms with E-state index < -0.39 is 18.6 Å². The van der Waals surface area contributed by atoms with Gasteiger partial charge in [0.1, 0.15) is 11.8 Å². The number of esters is 1. The van der Waals surface area contributed by atoms with Crippen LogP contribution in [0.15, 0.2) is 48.5 Å². The zero-order valence-corrected chi connectivity index (χ0v) is 19.6. The highest BCUT2D eigenvalue weighted by Crippen LogP contribution is 2.41. The summed E-state index contributed by atoms with van der Waals surface area (Å²) in [6, 6.07) is 13.7. The van der Waals surface area contributed by atoms with Gasteiger partial charge in [-0.15, -0.1) is 0 Å². The first-order chi connectivity index (χ1) is 15.8. The van der Waals surface area contributed by atoms with Gasteiger partial charge in [0.15, 0.2) is 6.61 Å². The van der Waals surface area contributed by atoms with Crippen molar-refractivity contribution in [3.63, 3.8) is 0 Å². The molecule has 3 rings (SSSR count). The van der Waals surface area contributed by atoms with Gasteiger partial charge in [0.05, 0.1) is 13.2 Å². The van der Waals surface area contributed by atoms with Gasteiger partial charge in [-0.05, 0) is 61.4 Å². The van der Waals surface area contributed by atoms with Gasteiger partial charge in [0, 0.05) is 5.56 Å². The molecule has 0 heterocycles. The molecule has 1 aliphatic carbocycles. The third-order valence-corrected chi connectivity index (χ3v) is 5.75. The van der Waals surface area contributed by atoms with E-state index in [2.05, 4.69) is 10.6 Å². The number of nitrogens with one attached hydrogen (secondary N) is 2. The van der Waals surface area contributed by atoms with Crippen molar-refractivity contribution in [1.29, 1.82) is 0 Å². The van der Waals surface area contributed by atoms with Crippen LogP contribution in [0.25, 0.3) is 0 Å². The monoisotopic (exact) mass is 452 g/mol. The van der Waals surface area contributed by atoms with Crippen LogP contribution in [-0.2, 0) is 14.3 Å². The van der Waals surface area contributed by atoms with Crippen LogP contribution in [0.1, 0.15) is 54.2 Å². The first kappa shape index (κ1) is 24.3. The first-order valence-electron chi connectivity index (χ1n) is 11.3. The summed E-state index contributed by atoms with van der Waals surface area (Å²) in [4.78, 5) is 37.7. The molecule has 2 N–H and O–H groups in total. The van der Waals surface area contributed by atoms with Crippen molar-refractivity contribution in [3.8, 4) is 5.75 Å². The van der Waals surface area contributed by atoms with Crippen molar-refractivity contribution in [2.24, 2.45) is 11.8 Å². The zero-order chi connectivity index (χ0) is 24.0. The van der Waals surface area contributed by atoms with Crippen LogP contribution in [0.5, 0.6) is 5.75 Å². The minimum Gasteiger partial charge on any atom is -0.497 e. The number of ether oxygens (including phenoxy) is 2. The lowest BCUT2D eigenvalue weighted by Crippen LogP contribution is -2.46. The fourth-order valence-corrected chi connectivity index (χ4v) is 3.58. The van der Waals surface area contributed by atoms with E-state index in [1.165, 1.54) is 0 Å². The Bertz CT molecular complexity index is 965. The molecule has 2 atom stereocenters. The summed E-state index contributed by atoms with van der Waals surface area (Å²) in [5.41, 5.74) is 2.49. The standard InChI is InChI=1S/C26H32N2O5/c1-16(2)23(28-25(30)20-7-5-17(3)6-8-20)26(31)33-15-22(29)27-24(18-9-10-18)19-11-13-21(32-4)14-12-19/h5-8,11-14,16,18,23-24H,9-10,15H2,1-4H3,(H,27,29)(H,28,30)/t23-,24?/m0/s1. The smallest absolute Gasteiger partial charge is 0.329 e. The first-order valence-corrected chi connectivity index (χ1v) is 11.3. The van der Waals surface area contributed by atoms with Crippen LogP contribution in [0.3, 0.4) is 0 Å². The lowest BCUT2D eigenvalue weighted by atomic mass is 10.0. The maximum atomic E-state index is 12.7. The lowest BCUT2D eigenvalue weighted by molar-refractivity contribution is -0.151. The van der Waals surface area contributed by atoms with E-state index >= 15 is 0 Å². The topological polar surface area (TPSA) is 93.7 Å². The Morgan fingerprint density at radius 2 is 1.61 bits per heavy atom. The van der Waals surface area contributed by atoms with Crippen molar-refractivity contribution in [2.45, 2.75) is 45.7 Å². The van der Waals surface area contributed by atoms with Crippen molar-refractivity contribution >= 4 is 17.8 Å². The predicted molar refractivity (Wildman–Crippen MR) is 125 cm³/mol. The lowest BCUT2D eigenvalue weighted by Gasteiger charge is -2.22. The minimum absolute atomic E-state index is 0.135. The highest BCUT2D eigenvalue weighted by Gasteiger charge is 2.34. The minimum atomic E-state index is -0.854. The van der Waals surface area contributed by atoms with E-state index in [0.29, 0.717) is 11.5 Å². The van der Waals surface area contributed by atoms with E-state index in [1.54, 1.807) is 19.2 Å². The predicted octanol–water partition coefficient (Wildman–Crippen LogP) is 3.57. The van der Waals surface area contributed by atoms with Gasteiger partial charge in [-0.2, -0.15) is 0 Å². The Hall–Kier alpha value is -3.35. The molecule has 0 saturated heterocycles. The highest BCUT2D eigenvalue weighted by atomic mass is 16.5. The Morgan fingerprint density at radius 1 is 0.970 bits per heavy atom. The molecule has 2 aromatic rings. The van der Waals surface area contributed by atoms with Crippen LogP contribution in [-0.4, -0.2) is 37.5 Å². The normalized spacial score (nSPS) is 14.8. The van der Waals surface area contributed by atoms with E-state index in [9.17, 15) is 14.4 Å². The molecule has 0 aliphatic heterocycles. The second-order valence-electron chi connectivity index (χ2n) is 8.82. The Kier molecular flexibility index (Phi) is 8.09. The second kappa shape index (κ2) is 11.0. The maximum Gasteiger partial charge on any atom is 0.329 e. The molecular weight excluding hydrogens is 420 g/mol. The summed E-state index contributed by atoms with van der Waals surface area (Å²) < 4.78 is 10.5. The number of aryl methyl sites for hydroxylation is 1. The van der Waals surface area contributed by atoms with E-state index in [-0.39, 0.29) is 23.8 Å². The summed E-state index contributed by atoms with van der Waals surface area (Å²) >= 11 is 0. The van der Waals surface area contributed by atoms with Gasteiger partial charge >= 0.3 is 5.97 Å². The largest absolute Gasteiger partial charge is 0.497 e. The van der Waals surface area contributed by atoms with Crippen molar-refractivity contribution in [1.82, 2.24) is 10.6 Å². The fraction of sp³-hybridized carbons (Fsp3) is 0.423. The number of hydrogen-bond donors (Lipinski definition) is 2. The number of carbonyl (C=O) groups excluding carboxylic acids is 3. The average Bonchev–Trinajstić information content (AvgIpc) is 3.65. The quantitative estimate of drug-likeness (QED) is 0.538. The SMILES string of the molecule is COc1ccc(C(NC(=O)COC(=O)[C@@H](NC(=O)c2ccc(C)cc2)C(C)C)C2CC2)cc1. The molecule has 1 unspecified atom stereocenters. The number of benzene rings is 2. The van der Waals surface area contributed by atoms with E-state index in [1.807, 2.05) is 57.2 Å². The van der Waals surface area contributed by atoms with Gasteiger partial charge < -0.3 is 20.1 Å². The molecule has 1 fully saturated rings. The van der Waals surface area contributed by atoms with Crippen molar-refractivity contribution in [3.05, 3.63) is 65.2 Å². The van der Waals surface area contributed by atoms with Crippen molar-refractivity contribution in [2.75, 3.05) is 13.7 Å². The molecule has 1 aliphatic rings. The molecule has 0 bridgehead atoms. The van der Waals surface area contributed by atoms with E-state index in [0.717, 1.165) is 29.7 Å². The van der Waals surface area contributed by atoms with Crippen LogP contribution >= 0.6 is 0 Å². The summed E-state index contributed by atoms with van der Waals surface area (Å²) in [7, 11) is 1.61. The van der Waals surface area contributed by atoms with Gasteiger partial charge in [-0.3, -0.25) is 9.59 Å². The van der Waals surface area contributed by atoms with Gasteiger partial charge in [0.2, 0.25) is 0 Å². The zero-order valence-electron chi connectivity index (χ0n) is 19.6. The van der Waals surface area contributed by atoms with Gasteiger partial charge in [-0.1, -0.05) is 43.7 Å². The molecule has 7 nitrogen and oxygen atoms in total. The Morgan fingerprint density at radius 3 is 2.15 bits per heavy atom. The molecule has 176 valence electrons. The number of carbonyl (C=O) groups is 3. The molecule has 0 radical (unpaired) electrons. The third kappa shape index (κ3) is 6.81. The highest BCUT2D eigenvalue weighted by molar-refractivity contribution is 5.97. The Balaban J connectivity index is 1.55. The Labute approximate surface area is 194 Å². The molecule has 0 spiro atoms. The second-order valence-corrected chi connectivity index (χ2v) is 8.82. The number of rotatable bonds is 10. The van der Waals surface area contributed by atoms with Crippen LogP contribution in [0, 0.1) is 18.8 Å². The maximum absolute atomic E-state index is 12.7. The molecule has 0 aromatic heterocycles. The summed E-state index contributed by atoms with van der Waals surface area (Å²) in [6.07, 6.45) is 2.08.